The van der Waals surface area contributed by atoms with Crippen molar-refractivity contribution >= 4 is 5.96 Å². The van der Waals surface area contributed by atoms with Gasteiger partial charge in [-0.1, -0.05) is 43.2 Å². The largest absolute Gasteiger partial charge is 0.356 e. The maximum absolute atomic E-state index is 4.55. The molecule has 2 heterocycles. The van der Waals surface area contributed by atoms with Crippen LogP contribution < -0.4 is 5.32 Å². The first kappa shape index (κ1) is 19.2. The summed E-state index contributed by atoms with van der Waals surface area (Å²) >= 11 is 0. The molecular weight excluding hydrogens is 320 g/mol. The lowest BCUT2D eigenvalue weighted by Crippen LogP contribution is -2.42. The lowest BCUT2D eigenvalue weighted by atomic mass is 10.0. The van der Waals surface area contributed by atoms with E-state index < -0.39 is 0 Å². The van der Waals surface area contributed by atoms with Crippen LogP contribution >= 0.6 is 0 Å². The predicted molar refractivity (Wildman–Crippen MR) is 111 cm³/mol. The standard InChI is InChI=1S/C22H36N4/c1-18-7-9-21(10-8-18)19(2)15-24-22(23-3)26-14-11-20(17-26)16-25-12-5-4-6-13-25/h7-10,19-20H,4-6,11-17H2,1-3H3,(H,23,24). The molecule has 0 amide bonds. The Morgan fingerprint density at radius 1 is 1.15 bits per heavy atom. The molecular formula is C22H36N4. The number of aryl methyl sites for hydroxylation is 1. The van der Waals surface area contributed by atoms with Gasteiger partial charge in [-0.2, -0.15) is 0 Å². The molecule has 0 saturated carbocycles. The van der Waals surface area contributed by atoms with E-state index in [2.05, 4.69) is 58.2 Å². The van der Waals surface area contributed by atoms with Crippen molar-refractivity contribution in [2.75, 3.05) is 46.3 Å². The average Bonchev–Trinajstić information content (AvgIpc) is 3.12. The van der Waals surface area contributed by atoms with Crippen molar-refractivity contribution in [2.24, 2.45) is 10.9 Å². The summed E-state index contributed by atoms with van der Waals surface area (Å²) in [5, 5.41) is 3.61. The van der Waals surface area contributed by atoms with Crippen LogP contribution in [0.2, 0.25) is 0 Å². The second-order valence-electron chi connectivity index (χ2n) is 8.20. The zero-order chi connectivity index (χ0) is 18.4. The third kappa shape index (κ3) is 5.23. The highest BCUT2D eigenvalue weighted by molar-refractivity contribution is 5.80. The summed E-state index contributed by atoms with van der Waals surface area (Å²) in [5.41, 5.74) is 2.71. The Morgan fingerprint density at radius 3 is 2.58 bits per heavy atom. The van der Waals surface area contributed by atoms with Crippen LogP contribution in [0.25, 0.3) is 0 Å². The number of aliphatic imine (C=N–C) groups is 1. The summed E-state index contributed by atoms with van der Waals surface area (Å²) in [6.07, 6.45) is 5.49. The third-order valence-corrected chi connectivity index (χ3v) is 5.98. The van der Waals surface area contributed by atoms with Crippen LogP contribution in [-0.2, 0) is 0 Å². The molecule has 2 unspecified atom stereocenters. The highest BCUT2D eigenvalue weighted by Gasteiger charge is 2.27. The highest BCUT2D eigenvalue weighted by atomic mass is 15.3. The van der Waals surface area contributed by atoms with Crippen LogP contribution in [0.1, 0.15) is 49.7 Å². The lowest BCUT2D eigenvalue weighted by molar-refractivity contribution is 0.198. The number of hydrogen-bond acceptors (Lipinski definition) is 2. The molecule has 1 N–H and O–H groups in total. The highest BCUT2D eigenvalue weighted by Crippen LogP contribution is 2.20. The van der Waals surface area contributed by atoms with Crippen molar-refractivity contribution in [1.29, 1.82) is 0 Å². The van der Waals surface area contributed by atoms with Gasteiger partial charge in [0, 0.05) is 33.2 Å². The monoisotopic (exact) mass is 356 g/mol. The molecule has 2 aliphatic heterocycles. The van der Waals surface area contributed by atoms with Crippen LogP contribution in [0.15, 0.2) is 29.3 Å². The second-order valence-corrected chi connectivity index (χ2v) is 8.20. The molecule has 3 rings (SSSR count). The number of nitrogens with zero attached hydrogens (tertiary/aromatic N) is 3. The Hall–Kier alpha value is -1.55. The van der Waals surface area contributed by atoms with E-state index in [-0.39, 0.29) is 0 Å². The molecule has 2 atom stereocenters. The van der Waals surface area contributed by atoms with Gasteiger partial charge in [-0.15, -0.1) is 0 Å². The number of likely N-dealkylation sites (tertiary alicyclic amines) is 2. The molecule has 1 aromatic carbocycles. The smallest absolute Gasteiger partial charge is 0.193 e. The van der Waals surface area contributed by atoms with Gasteiger partial charge in [0.25, 0.3) is 0 Å². The topological polar surface area (TPSA) is 30.9 Å². The number of nitrogens with one attached hydrogen (secondary N) is 1. The summed E-state index contributed by atoms with van der Waals surface area (Å²) in [6, 6.07) is 8.89. The number of rotatable bonds is 5. The number of hydrogen-bond donors (Lipinski definition) is 1. The second kappa shape index (κ2) is 9.40. The Bertz CT molecular complexity index is 574. The van der Waals surface area contributed by atoms with Crippen LogP contribution in [0, 0.1) is 12.8 Å². The fourth-order valence-corrected chi connectivity index (χ4v) is 4.27. The zero-order valence-corrected chi connectivity index (χ0v) is 16.9. The van der Waals surface area contributed by atoms with Gasteiger partial charge < -0.3 is 15.1 Å². The van der Waals surface area contributed by atoms with Crippen molar-refractivity contribution < 1.29 is 0 Å². The summed E-state index contributed by atoms with van der Waals surface area (Å²) in [7, 11) is 1.91. The summed E-state index contributed by atoms with van der Waals surface area (Å²) in [5.74, 6) is 2.35. The van der Waals surface area contributed by atoms with Crippen LogP contribution in [0.5, 0.6) is 0 Å². The van der Waals surface area contributed by atoms with E-state index in [0.29, 0.717) is 5.92 Å². The maximum atomic E-state index is 4.55. The fourth-order valence-electron chi connectivity index (χ4n) is 4.27. The SMILES string of the molecule is CN=C(NCC(C)c1ccc(C)cc1)N1CCC(CN2CCCCC2)C1. The maximum Gasteiger partial charge on any atom is 0.193 e. The Labute approximate surface area is 159 Å². The van der Waals surface area contributed by atoms with Gasteiger partial charge in [-0.05, 0) is 56.7 Å². The number of benzene rings is 1. The van der Waals surface area contributed by atoms with Crippen molar-refractivity contribution in [3.8, 4) is 0 Å². The van der Waals surface area contributed by atoms with E-state index in [9.17, 15) is 0 Å². The van der Waals surface area contributed by atoms with Gasteiger partial charge in [0.2, 0.25) is 0 Å². The molecule has 2 saturated heterocycles. The first-order valence-corrected chi connectivity index (χ1v) is 10.4. The minimum Gasteiger partial charge on any atom is -0.356 e. The molecule has 4 nitrogen and oxygen atoms in total. The Morgan fingerprint density at radius 2 is 1.88 bits per heavy atom. The van der Waals surface area contributed by atoms with Crippen molar-refractivity contribution in [3.05, 3.63) is 35.4 Å². The van der Waals surface area contributed by atoms with Gasteiger partial charge in [0.05, 0.1) is 0 Å². The summed E-state index contributed by atoms with van der Waals surface area (Å²) in [6.45, 7) is 11.5. The van der Waals surface area contributed by atoms with Crippen molar-refractivity contribution in [3.63, 3.8) is 0 Å². The Balaban J connectivity index is 1.46. The molecule has 2 aliphatic rings. The van der Waals surface area contributed by atoms with Gasteiger partial charge in [-0.3, -0.25) is 4.99 Å². The van der Waals surface area contributed by atoms with Crippen molar-refractivity contribution in [1.82, 2.24) is 15.1 Å². The van der Waals surface area contributed by atoms with E-state index in [1.54, 1.807) is 0 Å². The fraction of sp³-hybridized carbons (Fsp3) is 0.682. The molecule has 0 aromatic heterocycles. The molecule has 26 heavy (non-hydrogen) atoms. The van der Waals surface area contributed by atoms with E-state index >= 15 is 0 Å². The van der Waals surface area contributed by atoms with Gasteiger partial charge >= 0.3 is 0 Å². The Kier molecular flexibility index (Phi) is 6.95. The van der Waals surface area contributed by atoms with E-state index in [1.807, 2.05) is 7.05 Å². The van der Waals surface area contributed by atoms with Crippen LogP contribution in [0.4, 0.5) is 0 Å². The first-order valence-electron chi connectivity index (χ1n) is 10.4. The van der Waals surface area contributed by atoms with Crippen molar-refractivity contribution in [2.45, 2.75) is 45.4 Å². The van der Waals surface area contributed by atoms with Gasteiger partial charge in [0.1, 0.15) is 0 Å². The first-order chi connectivity index (χ1) is 12.7. The van der Waals surface area contributed by atoms with Crippen LogP contribution in [0.3, 0.4) is 0 Å². The number of piperidine rings is 1. The van der Waals surface area contributed by atoms with Crippen LogP contribution in [-0.4, -0.2) is 62.1 Å². The zero-order valence-electron chi connectivity index (χ0n) is 16.9. The molecule has 0 aliphatic carbocycles. The molecule has 0 bridgehead atoms. The van der Waals surface area contributed by atoms with E-state index in [1.165, 1.54) is 56.4 Å². The van der Waals surface area contributed by atoms with E-state index in [4.69, 9.17) is 0 Å². The van der Waals surface area contributed by atoms with Gasteiger partial charge in [-0.25, -0.2) is 0 Å². The minimum absolute atomic E-state index is 0.485. The van der Waals surface area contributed by atoms with E-state index in [0.717, 1.165) is 31.5 Å². The lowest BCUT2D eigenvalue weighted by Gasteiger charge is -2.29. The summed E-state index contributed by atoms with van der Waals surface area (Å²) in [4.78, 5) is 9.68. The average molecular weight is 357 g/mol. The molecule has 2 fully saturated rings. The molecule has 4 heteroatoms. The quantitative estimate of drug-likeness (QED) is 0.647. The number of guanidine groups is 1. The summed E-state index contributed by atoms with van der Waals surface area (Å²) < 4.78 is 0. The third-order valence-electron chi connectivity index (χ3n) is 5.98. The van der Waals surface area contributed by atoms with Gasteiger partial charge in [0.15, 0.2) is 5.96 Å². The molecule has 0 radical (unpaired) electrons. The molecule has 0 spiro atoms. The predicted octanol–water partition coefficient (Wildman–Crippen LogP) is 3.48. The normalized spacial score (nSPS) is 23.3. The minimum atomic E-state index is 0.485. The molecule has 144 valence electrons. The molecule has 1 aromatic rings.